The molecule has 1 heterocycles. The molecule has 1 saturated heterocycles. The molecule has 0 aliphatic carbocycles. The Labute approximate surface area is 200 Å². The zero-order chi connectivity index (χ0) is 26.3. The second-order valence-corrected chi connectivity index (χ2v) is 10.4. The van der Waals surface area contributed by atoms with E-state index in [1.807, 2.05) is 0 Å². The van der Waals surface area contributed by atoms with Gasteiger partial charge < -0.3 is 30.1 Å². The predicted molar refractivity (Wildman–Crippen MR) is 123 cm³/mol. The van der Waals surface area contributed by atoms with Crippen LogP contribution in [0.25, 0.3) is 0 Å². The third-order valence-electron chi connectivity index (χ3n) is 4.86. The van der Waals surface area contributed by atoms with E-state index in [2.05, 4.69) is 10.6 Å². The van der Waals surface area contributed by atoms with Gasteiger partial charge in [-0.05, 0) is 61.3 Å². The standard InChI is InChI=1S/C23H39N3O8/c1-14(20(30)26-12-8-9-16(26)21(31)32)24-19(29)15(13-33-22(2,3)4)25-17(27)10-11-18(28)34-23(5,6)7/h14-16H,8-13H2,1-7H3,(H,24,29)(H,25,27)(H,31,32). The van der Waals surface area contributed by atoms with Crippen LogP contribution in [0.2, 0.25) is 0 Å². The van der Waals surface area contributed by atoms with Crippen LogP contribution < -0.4 is 10.6 Å². The lowest BCUT2D eigenvalue weighted by Crippen LogP contribution is -2.56. The highest BCUT2D eigenvalue weighted by Crippen LogP contribution is 2.18. The van der Waals surface area contributed by atoms with Gasteiger partial charge in [0, 0.05) is 13.0 Å². The molecule has 0 saturated carbocycles. The maximum absolute atomic E-state index is 12.9. The highest BCUT2D eigenvalue weighted by molar-refractivity contribution is 5.93. The first kappa shape index (κ1) is 29.3. The lowest BCUT2D eigenvalue weighted by Gasteiger charge is -2.28. The van der Waals surface area contributed by atoms with E-state index >= 15 is 0 Å². The summed E-state index contributed by atoms with van der Waals surface area (Å²) in [5.41, 5.74) is -1.26. The lowest BCUT2D eigenvalue weighted by molar-refractivity contribution is -0.155. The van der Waals surface area contributed by atoms with E-state index in [0.29, 0.717) is 19.4 Å². The maximum atomic E-state index is 12.9. The molecule has 11 nitrogen and oxygen atoms in total. The molecule has 1 aliphatic heterocycles. The molecule has 1 fully saturated rings. The van der Waals surface area contributed by atoms with Crippen LogP contribution in [0.4, 0.5) is 0 Å². The van der Waals surface area contributed by atoms with Gasteiger partial charge in [-0.15, -0.1) is 0 Å². The van der Waals surface area contributed by atoms with Gasteiger partial charge in [0.25, 0.3) is 0 Å². The molecule has 3 unspecified atom stereocenters. The van der Waals surface area contributed by atoms with Crippen molar-refractivity contribution < 1.29 is 38.6 Å². The molecule has 1 rings (SSSR count). The maximum Gasteiger partial charge on any atom is 0.326 e. The summed E-state index contributed by atoms with van der Waals surface area (Å²) in [6.45, 7) is 12.1. The number of hydrogen-bond donors (Lipinski definition) is 3. The van der Waals surface area contributed by atoms with Gasteiger partial charge in [-0.3, -0.25) is 19.2 Å². The fourth-order valence-electron chi connectivity index (χ4n) is 3.30. The van der Waals surface area contributed by atoms with Crippen molar-refractivity contribution in [2.45, 2.75) is 103 Å². The van der Waals surface area contributed by atoms with Crippen molar-refractivity contribution in [1.82, 2.24) is 15.5 Å². The van der Waals surface area contributed by atoms with E-state index in [9.17, 15) is 29.1 Å². The Bertz CT molecular complexity index is 769. The molecule has 34 heavy (non-hydrogen) atoms. The third kappa shape index (κ3) is 10.5. The fraction of sp³-hybridized carbons (Fsp3) is 0.783. The number of carbonyl (C=O) groups excluding carboxylic acids is 4. The predicted octanol–water partition coefficient (Wildman–Crippen LogP) is 0.989. The zero-order valence-electron chi connectivity index (χ0n) is 21.2. The highest BCUT2D eigenvalue weighted by atomic mass is 16.6. The Morgan fingerprint density at radius 2 is 1.62 bits per heavy atom. The van der Waals surface area contributed by atoms with E-state index in [1.54, 1.807) is 41.5 Å². The van der Waals surface area contributed by atoms with Crippen molar-refractivity contribution in [3.8, 4) is 0 Å². The molecule has 11 heteroatoms. The quantitative estimate of drug-likeness (QED) is 0.388. The van der Waals surface area contributed by atoms with Crippen molar-refractivity contribution in [3.05, 3.63) is 0 Å². The summed E-state index contributed by atoms with van der Waals surface area (Å²) in [5.74, 6) is -3.33. The first-order valence-electron chi connectivity index (χ1n) is 11.5. The van der Waals surface area contributed by atoms with Crippen molar-refractivity contribution in [3.63, 3.8) is 0 Å². The van der Waals surface area contributed by atoms with E-state index in [-0.39, 0.29) is 19.4 Å². The minimum atomic E-state index is -1.12. The second-order valence-electron chi connectivity index (χ2n) is 10.4. The molecule has 0 aromatic rings. The number of carboxylic acid groups (broad SMARTS) is 1. The van der Waals surface area contributed by atoms with Crippen LogP contribution in [0.1, 0.15) is 74.1 Å². The Morgan fingerprint density at radius 3 is 2.15 bits per heavy atom. The highest BCUT2D eigenvalue weighted by Gasteiger charge is 2.37. The smallest absolute Gasteiger partial charge is 0.326 e. The van der Waals surface area contributed by atoms with Gasteiger partial charge in [-0.25, -0.2) is 4.79 Å². The van der Waals surface area contributed by atoms with Crippen LogP contribution in [0.5, 0.6) is 0 Å². The molecule has 0 radical (unpaired) electrons. The van der Waals surface area contributed by atoms with Crippen LogP contribution in [0.3, 0.4) is 0 Å². The largest absolute Gasteiger partial charge is 0.480 e. The molecule has 194 valence electrons. The Hall–Kier alpha value is -2.69. The third-order valence-corrected chi connectivity index (χ3v) is 4.86. The number of carboxylic acids is 1. The first-order chi connectivity index (χ1) is 15.5. The van der Waals surface area contributed by atoms with Gasteiger partial charge in [-0.2, -0.15) is 0 Å². The van der Waals surface area contributed by atoms with Crippen molar-refractivity contribution in [2.24, 2.45) is 0 Å². The van der Waals surface area contributed by atoms with E-state index < -0.39 is 59.0 Å². The van der Waals surface area contributed by atoms with Gasteiger partial charge in [0.2, 0.25) is 17.7 Å². The van der Waals surface area contributed by atoms with Crippen molar-refractivity contribution in [1.29, 1.82) is 0 Å². The zero-order valence-corrected chi connectivity index (χ0v) is 21.2. The minimum absolute atomic E-state index is 0.155. The molecule has 0 bridgehead atoms. The molecular formula is C23H39N3O8. The number of rotatable bonds is 10. The van der Waals surface area contributed by atoms with E-state index in [4.69, 9.17) is 9.47 Å². The number of carbonyl (C=O) groups is 5. The van der Waals surface area contributed by atoms with Crippen LogP contribution >= 0.6 is 0 Å². The van der Waals surface area contributed by atoms with E-state index in [0.717, 1.165) is 0 Å². The lowest BCUT2D eigenvalue weighted by atomic mass is 10.1. The average molecular weight is 486 g/mol. The minimum Gasteiger partial charge on any atom is -0.480 e. The van der Waals surface area contributed by atoms with E-state index in [1.165, 1.54) is 11.8 Å². The van der Waals surface area contributed by atoms with Crippen LogP contribution in [-0.4, -0.2) is 82.1 Å². The first-order valence-corrected chi connectivity index (χ1v) is 11.5. The number of hydrogen-bond acceptors (Lipinski definition) is 7. The summed E-state index contributed by atoms with van der Waals surface area (Å²) in [7, 11) is 0. The molecule has 3 amide bonds. The van der Waals surface area contributed by atoms with Crippen molar-refractivity contribution >= 4 is 29.7 Å². The molecule has 3 N–H and O–H groups in total. The van der Waals surface area contributed by atoms with Crippen LogP contribution in [0, 0.1) is 0 Å². The normalized spacial score (nSPS) is 18.1. The van der Waals surface area contributed by atoms with Crippen molar-refractivity contribution in [2.75, 3.05) is 13.2 Å². The number of likely N-dealkylation sites (tertiary alicyclic amines) is 1. The topological polar surface area (TPSA) is 151 Å². The van der Waals surface area contributed by atoms with Crippen LogP contribution in [0.15, 0.2) is 0 Å². The van der Waals surface area contributed by atoms with Crippen LogP contribution in [-0.2, 0) is 33.4 Å². The SMILES string of the molecule is CC(NC(=O)C(COC(C)(C)C)NC(=O)CCC(=O)OC(C)(C)C)C(=O)N1CCCC1C(=O)O. The fourth-order valence-corrected chi connectivity index (χ4v) is 3.30. The molecule has 0 aromatic heterocycles. The summed E-state index contributed by atoms with van der Waals surface area (Å²) >= 11 is 0. The van der Waals surface area contributed by atoms with Gasteiger partial charge in [0.15, 0.2) is 0 Å². The summed E-state index contributed by atoms with van der Waals surface area (Å²) in [6, 6.07) is -3.03. The Balaban J connectivity index is 2.77. The van der Waals surface area contributed by atoms with Gasteiger partial charge >= 0.3 is 11.9 Å². The number of ether oxygens (including phenoxy) is 2. The summed E-state index contributed by atoms with van der Waals surface area (Å²) in [6.07, 6.45) is 0.589. The number of amides is 3. The Morgan fingerprint density at radius 1 is 1.00 bits per heavy atom. The monoisotopic (exact) mass is 485 g/mol. The number of esters is 1. The molecule has 3 atom stereocenters. The summed E-state index contributed by atoms with van der Waals surface area (Å²) in [5, 5.41) is 14.4. The number of nitrogens with zero attached hydrogens (tertiary/aromatic N) is 1. The van der Waals surface area contributed by atoms with Gasteiger partial charge in [-0.1, -0.05) is 0 Å². The van der Waals surface area contributed by atoms with Gasteiger partial charge in [0.1, 0.15) is 23.7 Å². The number of aliphatic carboxylic acids is 1. The molecule has 0 spiro atoms. The summed E-state index contributed by atoms with van der Waals surface area (Å²) in [4.78, 5) is 62.5. The summed E-state index contributed by atoms with van der Waals surface area (Å²) < 4.78 is 10.8. The van der Waals surface area contributed by atoms with Gasteiger partial charge in [0.05, 0.1) is 18.6 Å². The average Bonchev–Trinajstić information content (AvgIpc) is 3.16. The second kappa shape index (κ2) is 12.1. The Kier molecular flexibility index (Phi) is 10.5. The molecular weight excluding hydrogens is 446 g/mol. The number of nitrogens with one attached hydrogen (secondary N) is 2. The molecule has 1 aliphatic rings. The molecule has 0 aromatic carbocycles.